The second-order valence-electron chi connectivity index (χ2n) is 6.73. The van der Waals surface area contributed by atoms with Crippen molar-refractivity contribution < 1.29 is 4.79 Å². The van der Waals surface area contributed by atoms with Gasteiger partial charge in [-0.2, -0.15) is 0 Å². The SMILES string of the molecule is Cc1ccccc1CC(=O)N1CCC[C@@H](Nc2ccc(N)nc2)CC1. The van der Waals surface area contributed by atoms with Crippen LogP contribution in [0.5, 0.6) is 0 Å². The molecule has 3 N–H and O–H groups in total. The highest BCUT2D eigenvalue weighted by Crippen LogP contribution is 2.18. The normalized spacial score (nSPS) is 17.8. The van der Waals surface area contributed by atoms with Gasteiger partial charge in [-0.3, -0.25) is 4.79 Å². The van der Waals surface area contributed by atoms with E-state index >= 15 is 0 Å². The number of aromatic nitrogens is 1. The Balaban J connectivity index is 1.55. The number of carbonyl (C=O) groups is 1. The monoisotopic (exact) mass is 338 g/mol. The zero-order valence-corrected chi connectivity index (χ0v) is 14.7. The molecule has 25 heavy (non-hydrogen) atoms. The van der Waals surface area contributed by atoms with Crippen LogP contribution in [0.4, 0.5) is 11.5 Å². The van der Waals surface area contributed by atoms with E-state index in [2.05, 4.69) is 23.3 Å². The zero-order valence-electron chi connectivity index (χ0n) is 14.7. The number of aryl methyl sites for hydroxylation is 1. The van der Waals surface area contributed by atoms with Gasteiger partial charge in [0.15, 0.2) is 0 Å². The van der Waals surface area contributed by atoms with Crippen molar-refractivity contribution in [3.8, 4) is 0 Å². The molecular weight excluding hydrogens is 312 g/mol. The molecule has 1 saturated heterocycles. The Bertz CT molecular complexity index is 714. The third-order valence-corrected chi connectivity index (χ3v) is 4.84. The van der Waals surface area contributed by atoms with Crippen molar-refractivity contribution >= 4 is 17.4 Å². The molecule has 1 aromatic heterocycles. The van der Waals surface area contributed by atoms with Crippen molar-refractivity contribution in [2.24, 2.45) is 0 Å². The zero-order chi connectivity index (χ0) is 17.6. The Kier molecular flexibility index (Phi) is 5.53. The molecule has 0 aliphatic carbocycles. The third-order valence-electron chi connectivity index (χ3n) is 4.84. The summed E-state index contributed by atoms with van der Waals surface area (Å²) in [5.41, 5.74) is 8.92. The number of anilines is 2. The third kappa shape index (κ3) is 4.72. The standard InChI is InChI=1S/C20H26N4O/c1-15-5-2-3-6-16(15)13-20(25)24-11-4-7-17(10-12-24)23-18-8-9-19(21)22-14-18/h2-3,5-6,8-9,14,17,23H,4,7,10-13H2,1H3,(H2,21,22)/t17-/m1/s1. The number of hydrogen-bond acceptors (Lipinski definition) is 4. The number of benzene rings is 1. The van der Waals surface area contributed by atoms with E-state index < -0.39 is 0 Å². The van der Waals surface area contributed by atoms with Crippen LogP contribution in [-0.4, -0.2) is 34.9 Å². The molecule has 5 nitrogen and oxygen atoms in total. The molecule has 2 aromatic rings. The average molecular weight is 338 g/mol. The van der Waals surface area contributed by atoms with Gasteiger partial charge in [-0.05, 0) is 49.4 Å². The van der Waals surface area contributed by atoms with Crippen LogP contribution in [0.2, 0.25) is 0 Å². The molecular formula is C20H26N4O. The van der Waals surface area contributed by atoms with E-state index in [-0.39, 0.29) is 5.91 Å². The highest BCUT2D eigenvalue weighted by molar-refractivity contribution is 5.79. The summed E-state index contributed by atoms with van der Waals surface area (Å²) in [5.74, 6) is 0.753. The summed E-state index contributed by atoms with van der Waals surface area (Å²) in [4.78, 5) is 18.8. The van der Waals surface area contributed by atoms with Crippen LogP contribution in [0.1, 0.15) is 30.4 Å². The predicted molar refractivity (Wildman–Crippen MR) is 101 cm³/mol. The molecule has 3 rings (SSSR count). The number of nitrogens with zero attached hydrogens (tertiary/aromatic N) is 2. The number of nitrogens with two attached hydrogens (primary N) is 1. The summed E-state index contributed by atoms with van der Waals surface area (Å²) >= 11 is 0. The van der Waals surface area contributed by atoms with Crippen molar-refractivity contribution in [2.45, 2.75) is 38.6 Å². The number of likely N-dealkylation sites (tertiary alicyclic amines) is 1. The van der Waals surface area contributed by atoms with Crippen LogP contribution >= 0.6 is 0 Å². The first-order valence-corrected chi connectivity index (χ1v) is 8.92. The second kappa shape index (κ2) is 8.01. The van der Waals surface area contributed by atoms with Gasteiger partial charge >= 0.3 is 0 Å². The van der Waals surface area contributed by atoms with Crippen LogP contribution in [0.3, 0.4) is 0 Å². The van der Waals surface area contributed by atoms with E-state index in [0.717, 1.165) is 43.6 Å². The van der Waals surface area contributed by atoms with Crippen molar-refractivity contribution in [3.05, 3.63) is 53.7 Å². The lowest BCUT2D eigenvalue weighted by Gasteiger charge is -2.21. The number of nitrogens with one attached hydrogen (secondary N) is 1. The lowest BCUT2D eigenvalue weighted by Crippen LogP contribution is -2.34. The summed E-state index contributed by atoms with van der Waals surface area (Å²) in [6, 6.07) is 12.2. The Morgan fingerprint density at radius 3 is 2.84 bits per heavy atom. The molecule has 0 saturated carbocycles. The van der Waals surface area contributed by atoms with E-state index in [0.29, 0.717) is 18.3 Å². The first-order chi connectivity index (χ1) is 12.1. The van der Waals surface area contributed by atoms with Gasteiger partial charge in [-0.25, -0.2) is 4.98 Å². The summed E-state index contributed by atoms with van der Waals surface area (Å²) < 4.78 is 0. The van der Waals surface area contributed by atoms with Gasteiger partial charge in [0.05, 0.1) is 18.3 Å². The lowest BCUT2D eigenvalue weighted by atomic mass is 10.1. The fourth-order valence-electron chi connectivity index (χ4n) is 3.30. The summed E-state index contributed by atoms with van der Waals surface area (Å²) in [6.07, 6.45) is 5.27. The molecule has 2 heterocycles. The van der Waals surface area contributed by atoms with Gasteiger partial charge in [0.25, 0.3) is 0 Å². The molecule has 1 atom stereocenters. The molecule has 5 heteroatoms. The summed E-state index contributed by atoms with van der Waals surface area (Å²) in [6.45, 7) is 3.69. The number of rotatable bonds is 4. The lowest BCUT2D eigenvalue weighted by molar-refractivity contribution is -0.130. The molecule has 1 aliphatic rings. The van der Waals surface area contributed by atoms with E-state index in [1.165, 1.54) is 5.56 Å². The minimum absolute atomic E-state index is 0.226. The minimum atomic E-state index is 0.226. The van der Waals surface area contributed by atoms with Crippen molar-refractivity contribution in [1.29, 1.82) is 0 Å². The van der Waals surface area contributed by atoms with Crippen LogP contribution in [-0.2, 0) is 11.2 Å². The molecule has 1 fully saturated rings. The van der Waals surface area contributed by atoms with Crippen LogP contribution in [0.15, 0.2) is 42.6 Å². The first kappa shape index (κ1) is 17.3. The average Bonchev–Trinajstić information content (AvgIpc) is 2.85. The number of pyridine rings is 1. The smallest absolute Gasteiger partial charge is 0.227 e. The summed E-state index contributed by atoms with van der Waals surface area (Å²) in [7, 11) is 0. The van der Waals surface area contributed by atoms with E-state index in [9.17, 15) is 4.79 Å². The van der Waals surface area contributed by atoms with Gasteiger partial charge in [0.2, 0.25) is 5.91 Å². The molecule has 132 valence electrons. The van der Waals surface area contributed by atoms with Gasteiger partial charge < -0.3 is 16.0 Å². The second-order valence-corrected chi connectivity index (χ2v) is 6.73. The quantitative estimate of drug-likeness (QED) is 0.899. The van der Waals surface area contributed by atoms with E-state index in [4.69, 9.17) is 5.73 Å². The maximum absolute atomic E-state index is 12.7. The van der Waals surface area contributed by atoms with Gasteiger partial charge in [0.1, 0.15) is 5.82 Å². The molecule has 0 radical (unpaired) electrons. The Morgan fingerprint density at radius 1 is 1.24 bits per heavy atom. The molecule has 1 aromatic carbocycles. The molecule has 0 unspecified atom stereocenters. The van der Waals surface area contributed by atoms with Crippen molar-refractivity contribution in [2.75, 3.05) is 24.1 Å². The maximum Gasteiger partial charge on any atom is 0.227 e. The number of hydrogen-bond donors (Lipinski definition) is 2. The largest absolute Gasteiger partial charge is 0.384 e. The van der Waals surface area contributed by atoms with Crippen molar-refractivity contribution in [3.63, 3.8) is 0 Å². The molecule has 0 bridgehead atoms. The molecule has 0 spiro atoms. The summed E-state index contributed by atoms with van der Waals surface area (Å²) in [5, 5.41) is 3.51. The van der Waals surface area contributed by atoms with Gasteiger partial charge in [-0.1, -0.05) is 24.3 Å². The number of nitrogen functional groups attached to an aromatic ring is 1. The minimum Gasteiger partial charge on any atom is -0.384 e. The fraction of sp³-hybridized carbons (Fsp3) is 0.400. The Labute approximate surface area is 149 Å². The maximum atomic E-state index is 12.7. The van der Waals surface area contributed by atoms with Crippen LogP contribution in [0.25, 0.3) is 0 Å². The van der Waals surface area contributed by atoms with E-state index in [1.807, 2.05) is 29.2 Å². The Hall–Kier alpha value is -2.56. The highest BCUT2D eigenvalue weighted by Gasteiger charge is 2.21. The predicted octanol–water partition coefficient (Wildman–Crippen LogP) is 3.01. The van der Waals surface area contributed by atoms with Gasteiger partial charge in [0, 0.05) is 19.1 Å². The number of amides is 1. The van der Waals surface area contributed by atoms with Crippen molar-refractivity contribution in [1.82, 2.24) is 9.88 Å². The molecule has 1 amide bonds. The van der Waals surface area contributed by atoms with Crippen LogP contribution < -0.4 is 11.1 Å². The van der Waals surface area contributed by atoms with E-state index in [1.54, 1.807) is 12.3 Å². The number of carbonyl (C=O) groups excluding carboxylic acids is 1. The fourth-order valence-corrected chi connectivity index (χ4v) is 3.30. The first-order valence-electron chi connectivity index (χ1n) is 8.92. The van der Waals surface area contributed by atoms with Gasteiger partial charge in [-0.15, -0.1) is 0 Å². The van der Waals surface area contributed by atoms with Crippen LogP contribution in [0, 0.1) is 6.92 Å². The topological polar surface area (TPSA) is 71.2 Å². The molecule has 1 aliphatic heterocycles. The highest BCUT2D eigenvalue weighted by atomic mass is 16.2. The Morgan fingerprint density at radius 2 is 2.08 bits per heavy atom.